The number of methoxy groups -OCH3 is 1. The Bertz CT molecular complexity index is 397. The van der Waals surface area contributed by atoms with Crippen molar-refractivity contribution >= 4 is 17.8 Å². The van der Waals surface area contributed by atoms with E-state index in [1.54, 1.807) is 6.07 Å². The fourth-order valence-electron chi connectivity index (χ4n) is 0.875. The summed E-state index contributed by atoms with van der Waals surface area (Å²) in [5.41, 5.74) is 3.90. The molecule has 0 atom stereocenters. The first-order valence-electron chi connectivity index (χ1n) is 4.29. The Morgan fingerprint density at radius 1 is 1.25 bits per heavy atom. The van der Waals surface area contributed by atoms with E-state index >= 15 is 0 Å². The Kier molecular flexibility index (Phi) is 4.07. The average molecular weight is 227 g/mol. The van der Waals surface area contributed by atoms with Gasteiger partial charge in [0, 0.05) is 0 Å². The van der Waals surface area contributed by atoms with Crippen molar-refractivity contribution in [3.8, 4) is 0 Å². The molecular formula is C9H10FN3O3. The summed E-state index contributed by atoms with van der Waals surface area (Å²) in [6.07, 6.45) is -0.830. The van der Waals surface area contributed by atoms with Gasteiger partial charge in [-0.15, -0.1) is 0 Å². The van der Waals surface area contributed by atoms with Crippen LogP contribution in [0.1, 0.15) is 0 Å². The number of halogens is 1. The van der Waals surface area contributed by atoms with E-state index in [1.807, 2.05) is 10.9 Å². The second kappa shape index (κ2) is 5.54. The largest absolute Gasteiger partial charge is 0.452 e. The van der Waals surface area contributed by atoms with E-state index in [2.05, 4.69) is 10.1 Å². The maximum absolute atomic E-state index is 13.1. The van der Waals surface area contributed by atoms with Crippen molar-refractivity contribution in [2.75, 3.05) is 12.4 Å². The summed E-state index contributed by atoms with van der Waals surface area (Å²) in [5.74, 6) is -0.573. The van der Waals surface area contributed by atoms with Gasteiger partial charge in [-0.05, 0) is 12.1 Å². The summed E-state index contributed by atoms with van der Waals surface area (Å²) in [5, 5.41) is 2.19. The van der Waals surface area contributed by atoms with Crippen LogP contribution >= 0.6 is 0 Å². The molecule has 0 aliphatic carbocycles. The van der Waals surface area contributed by atoms with Gasteiger partial charge in [0.1, 0.15) is 5.82 Å². The molecule has 0 aliphatic rings. The molecule has 0 radical (unpaired) electrons. The second-order valence-electron chi connectivity index (χ2n) is 2.68. The zero-order chi connectivity index (χ0) is 12.0. The Hall–Kier alpha value is -2.31. The number of nitrogens with one attached hydrogen (secondary N) is 3. The number of hydrogen-bond acceptors (Lipinski definition) is 3. The zero-order valence-electron chi connectivity index (χ0n) is 8.41. The fourth-order valence-corrected chi connectivity index (χ4v) is 0.875. The molecule has 0 bridgehead atoms. The summed E-state index contributed by atoms with van der Waals surface area (Å²) in [6, 6.07) is 4.85. The second-order valence-corrected chi connectivity index (χ2v) is 2.68. The third kappa shape index (κ3) is 3.45. The summed E-state index contributed by atoms with van der Waals surface area (Å²) >= 11 is 0. The number of para-hydroxylation sites is 1. The average Bonchev–Trinajstić information content (AvgIpc) is 2.29. The van der Waals surface area contributed by atoms with E-state index in [0.29, 0.717) is 0 Å². The lowest BCUT2D eigenvalue weighted by Gasteiger charge is -2.08. The van der Waals surface area contributed by atoms with Gasteiger partial charge in [-0.25, -0.2) is 24.8 Å². The molecule has 0 unspecified atom stereocenters. The van der Waals surface area contributed by atoms with Gasteiger partial charge in [-0.3, -0.25) is 0 Å². The first kappa shape index (κ1) is 11.8. The van der Waals surface area contributed by atoms with Crippen LogP contribution in [0.25, 0.3) is 0 Å². The van der Waals surface area contributed by atoms with Crippen molar-refractivity contribution in [2.24, 2.45) is 0 Å². The minimum atomic E-state index is -0.830. The van der Waals surface area contributed by atoms with Crippen LogP contribution < -0.4 is 16.2 Å². The summed E-state index contributed by atoms with van der Waals surface area (Å²) in [4.78, 5) is 21.7. The quantitative estimate of drug-likeness (QED) is 0.631. The monoisotopic (exact) mass is 227 g/mol. The predicted molar refractivity (Wildman–Crippen MR) is 54.1 cm³/mol. The normalized spacial score (nSPS) is 9.12. The number of carbonyl (C=O) groups is 2. The molecule has 7 heteroatoms. The van der Waals surface area contributed by atoms with Crippen molar-refractivity contribution in [3.05, 3.63) is 30.1 Å². The molecule has 1 rings (SSSR count). The Labute approximate surface area is 90.7 Å². The van der Waals surface area contributed by atoms with Crippen LogP contribution in [0.2, 0.25) is 0 Å². The van der Waals surface area contributed by atoms with Gasteiger partial charge in [-0.2, -0.15) is 0 Å². The predicted octanol–water partition coefficient (Wildman–Crippen LogP) is 1.22. The molecule has 0 saturated carbocycles. The first-order valence-corrected chi connectivity index (χ1v) is 4.29. The maximum Gasteiger partial charge on any atom is 0.425 e. The molecule has 3 amide bonds. The smallest absolute Gasteiger partial charge is 0.425 e. The highest BCUT2D eigenvalue weighted by Crippen LogP contribution is 2.11. The number of rotatable bonds is 1. The number of amides is 3. The fraction of sp³-hybridized carbons (Fsp3) is 0.111. The van der Waals surface area contributed by atoms with Crippen LogP contribution in [0.4, 0.5) is 19.7 Å². The minimum Gasteiger partial charge on any atom is -0.452 e. The minimum absolute atomic E-state index is 0.00617. The van der Waals surface area contributed by atoms with Crippen LogP contribution in [0.15, 0.2) is 24.3 Å². The molecule has 0 aromatic heterocycles. The lowest BCUT2D eigenvalue weighted by molar-refractivity contribution is 0.166. The number of anilines is 1. The van der Waals surface area contributed by atoms with Gasteiger partial charge in [-0.1, -0.05) is 12.1 Å². The van der Waals surface area contributed by atoms with Crippen molar-refractivity contribution < 1.29 is 18.7 Å². The Morgan fingerprint density at radius 2 is 1.94 bits per heavy atom. The summed E-state index contributed by atoms with van der Waals surface area (Å²) < 4.78 is 17.3. The molecule has 6 nitrogen and oxygen atoms in total. The molecule has 16 heavy (non-hydrogen) atoms. The molecule has 3 N–H and O–H groups in total. The number of hydrazine groups is 1. The van der Waals surface area contributed by atoms with E-state index in [0.717, 1.165) is 7.11 Å². The number of urea groups is 1. The van der Waals surface area contributed by atoms with E-state index in [4.69, 9.17) is 0 Å². The van der Waals surface area contributed by atoms with Gasteiger partial charge < -0.3 is 10.1 Å². The molecular weight excluding hydrogens is 217 g/mol. The SMILES string of the molecule is COC(=O)NNC(=O)Nc1ccccc1F. The molecule has 1 aromatic rings. The molecule has 0 heterocycles. The molecule has 0 spiro atoms. The molecule has 0 saturated heterocycles. The lowest BCUT2D eigenvalue weighted by Crippen LogP contribution is -2.43. The highest BCUT2D eigenvalue weighted by atomic mass is 19.1. The first-order chi connectivity index (χ1) is 7.63. The molecule has 86 valence electrons. The van der Waals surface area contributed by atoms with E-state index in [1.165, 1.54) is 18.2 Å². The maximum atomic E-state index is 13.1. The van der Waals surface area contributed by atoms with Crippen LogP contribution in [0, 0.1) is 5.82 Å². The van der Waals surface area contributed by atoms with Crippen LogP contribution in [-0.2, 0) is 4.74 Å². The van der Waals surface area contributed by atoms with Crippen molar-refractivity contribution in [2.45, 2.75) is 0 Å². The summed E-state index contributed by atoms with van der Waals surface area (Å²) in [7, 11) is 1.14. The highest BCUT2D eigenvalue weighted by molar-refractivity contribution is 5.90. The van der Waals surface area contributed by atoms with E-state index < -0.39 is 17.9 Å². The number of ether oxygens (including phenoxy) is 1. The van der Waals surface area contributed by atoms with Gasteiger partial charge in [0.05, 0.1) is 12.8 Å². The highest BCUT2D eigenvalue weighted by Gasteiger charge is 2.06. The standard InChI is InChI=1S/C9H10FN3O3/c1-16-9(15)13-12-8(14)11-7-5-3-2-4-6(7)10/h2-5H,1H3,(H,13,15)(H2,11,12,14). The van der Waals surface area contributed by atoms with Crippen molar-refractivity contribution in [1.82, 2.24) is 10.9 Å². The molecule has 0 aliphatic heterocycles. The van der Waals surface area contributed by atoms with Crippen molar-refractivity contribution in [3.63, 3.8) is 0 Å². The van der Waals surface area contributed by atoms with E-state index in [-0.39, 0.29) is 5.69 Å². The van der Waals surface area contributed by atoms with Gasteiger partial charge in [0.25, 0.3) is 0 Å². The van der Waals surface area contributed by atoms with Gasteiger partial charge in [0.15, 0.2) is 0 Å². The lowest BCUT2D eigenvalue weighted by atomic mass is 10.3. The number of carbonyl (C=O) groups excluding carboxylic acids is 2. The summed E-state index contributed by atoms with van der Waals surface area (Å²) in [6.45, 7) is 0. The topological polar surface area (TPSA) is 79.5 Å². The Morgan fingerprint density at radius 3 is 2.56 bits per heavy atom. The zero-order valence-corrected chi connectivity index (χ0v) is 8.41. The third-order valence-corrected chi connectivity index (χ3v) is 1.59. The van der Waals surface area contributed by atoms with Crippen LogP contribution in [-0.4, -0.2) is 19.2 Å². The van der Waals surface area contributed by atoms with E-state index in [9.17, 15) is 14.0 Å². The van der Waals surface area contributed by atoms with Gasteiger partial charge >= 0.3 is 12.1 Å². The number of hydrogen-bond donors (Lipinski definition) is 3. The molecule has 0 fully saturated rings. The number of benzene rings is 1. The van der Waals surface area contributed by atoms with Crippen molar-refractivity contribution in [1.29, 1.82) is 0 Å². The van der Waals surface area contributed by atoms with Gasteiger partial charge in [0.2, 0.25) is 0 Å². The Balaban J connectivity index is 2.46. The van der Waals surface area contributed by atoms with Crippen LogP contribution in [0.3, 0.4) is 0 Å². The molecule has 1 aromatic carbocycles. The van der Waals surface area contributed by atoms with Crippen LogP contribution in [0.5, 0.6) is 0 Å². The third-order valence-electron chi connectivity index (χ3n) is 1.59.